The first-order valence-electron chi connectivity index (χ1n) is 6.37. The van der Waals surface area contributed by atoms with Crippen LogP contribution in [0.3, 0.4) is 0 Å². The van der Waals surface area contributed by atoms with Gasteiger partial charge in [0.15, 0.2) is 5.03 Å². The molecule has 1 aromatic rings. The molecule has 2 aliphatic heterocycles. The van der Waals surface area contributed by atoms with Crippen molar-refractivity contribution in [2.75, 3.05) is 32.7 Å². The van der Waals surface area contributed by atoms with E-state index in [9.17, 15) is 10.1 Å². The fourth-order valence-electron chi connectivity index (χ4n) is 2.75. The largest absolute Gasteiger partial charge is 0.455 e. The Hall–Kier alpha value is -1.83. The number of piperazine rings is 1. The Morgan fingerprint density at radius 2 is 2.21 bits per heavy atom. The Labute approximate surface area is 110 Å². The quantitative estimate of drug-likeness (QED) is 0.559. The van der Waals surface area contributed by atoms with Crippen LogP contribution in [-0.4, -0.2) is 62.8 Å². The van der Waals surface area contributed by atoms with Gasteiger partial charge in [0.2, 0.25) is 0 Å². The smallest absolute Gasteiger partial charge is 0.297 e. The number of hydrogen-bond acceptors (Lipinski definition) is 5. The van der Waals surface area contributed by atoms with Crippen LogP contribution in [0, 0.1) is 10.1 Å². The highest BCUT2D eigenvalue weighted by Crippen LogP contribution is 2.28. The first kappa shape index (κ1) is 12.2. The molecule has 104 valence electrons. The fourth-order valence-corrected chi connectivity index (χ4v) is 2.75. The van der Waals surface area contributed by atoms with Crippen LogP contribution >= 0.6 is 0 Å². The molecule has 0 bridgehead atoms. The summed E-state index contributed by atoms with van der Waals surface area (Å²) in [7, 11) is 0. The highest BCUT2D eigenvalue weighted by Gasteiger charge is 2.38. The van der Waals surface area contributed by atoms with Gasteiger partial charge in [-0.2, -0.15) is 0 Å². The van der Waals surface area contributed by atoms with Crippen molar-refractivity contribution in [3.8, 4) is 6.01 Å². The van der Waals surface area contributed by atoms with Gasteiger partial charge in [0.1, 0.15) is 5.60 Å². The molecule has 0 amide bonds. The molecule has 8 heteroatoms. The van der Waals surface area contributed by atoms with E-state index < -0.39 is 0 Å². The predicted octanol–water partition coefficient (Wildman–Crippen LogP) is -0.156. The number of imidazole rings is 1. The van der Waals surface area contributed by atoms with Crippen molar-refractivity contribution >= 4 is 0 Å². The molecule has 19 heavy (non-hydrogen) atoms. The van der Waals surface area contributed by atoms with E-state index in [0.717, 1.165) is 13.1 Å². The van der Waals surface area contributed by atoms with E-state index in [0.29, 0.717) is 32.2 Å². The average molecular weight is 267 g/mol. The van der Waals surface area contributed by atoms with Gasteiger partial charge in [-0.15, -0.1) is 5.01 Å². The summed E-state index contributed by atoms with van der Waals surface area (Å²) in [5, 5.41) is 11.6. The third-order valence-electron chi connectivity index (χ3n) is 3.66. The van der Waals surface area contributed by atoms with Gasteiger partial charge in [-0.25, -0.2) is 15.1 Å². The number of ether oxygens (including phenoxy) is 1. The molecule has 0 spiro atoms. The van der Waals surface area contributed by atoms with Crippen molar-refractivity contribution < 1.29 is 9.77 Å². The van der Waals surface area contributed by atoms with Crippen molar-refractivity contribution in [1.82, 2.24) is 19.5 Å². The molecular formula is C11H17N5O3. The van der Waals surface area contributed by atoms with E-state index in [2.05, 4.69) is 16.8 Å². The summed E-state index contributed by atoms with van der Waals surface area (Å²) >= 11 is 0. The zero-order valence-electron chi connectivity index (χ0n) is 10.9. The third kappa shape index (κ3) is 2.35. The first-order chi connectivity index (χ1) is 9.06. The van der Waals surface area contributed by atoms with Gasteiger partial charge < -0.3 is 4.74 Å². The third-order valence-corrected chi connectivity index (χ3v) is 3.66. The number of fused-ring (bicyclic) bond motifs is 1. The standard InChI is InChI=1S/C11H17N5O3/c1-11(9-14-3-2-12-10(14)19-11)8-13-4-6-15(7-5-13)16(17)18/h2-3H,4-9H2,1H3/t11-/m0/s1. The lowest BCUT2D eigenvalue weighted by molar-refractivity contribution is -0.657. The highest BCUT2D eigenvalue weighted by molar-refractivity contribution is 5.08. The van der Waals surface area contributed by atoms with Crippen molar-refractivity contribution in [3.63, 3.8) is 0 Å². The minimum atomic E-state index is -0.319. The molecule has 3 rings (SSSR count). The van der Waals surface area contributed by atoms with Gasteiger partial charge >= 0.3 is 0 Å². The number of rotatable bonds is 3. The van der Waals surface area contributed by atoms with Gasteiger partial charge in [0, 0.05) is 32.0 Å². The molecule has 0 N–H and O–H groups in total. The molecule has 3 heterocycles. The Morgan fingerprint density at radius 1 is 1.47 bits per heavy atom. The van der Waals surface area contributed by atoms with Gasteiger partial charge in [-0.3, -0.25) is 9.47 Å². The van der Waals surface area contributed by atoms with Crippen molar-refractivity contribution in [1.29, 1.82) is 0 Å². The van der Waals surface area contributed by atoms with Gasteiger partial charge in [-0.1, -0.05) is 0 Å². The van der Waals surface area contributed by atoms with Crippen molar-refractivity contribution in [3.05, 3.63) is 22.5 Å². The van der Waals surface area contributed by atoms with Crippen LogP contribution in [0.4, 0.5) is 0 Å². The molecule has 1 saturated heterocycles. The maximum Gasteiger partial charge on any atom is 0.297 e. The van der Waals surface area contributed by atoms with Gasteiger partial charge in [-0.05, 0) is 6.92 Å². The average Bonchev–Trinajstić information content (AvgIpc) is 2.87. The Morgan fingerprint density at radius 3 is 2.84 bits per heavy atom. The highest BCUT2D eigenvalue weighted by atomic mass is 16.7. The maximum atomic E-state index is 10.7. The van der Waals surface area contributed by atoms with E-state index in [4.69, 9.17) is 4.74 Å². The SMILES string of the molecule is C[C@]1(CN2CCN([N+](=O)[O-])CC2)Cn2ccnc2O1. The molecule has 1 fully saturated rings. The minimum Gasteiger partial charge on any atom is -0.455 e. The number of hydrogen-bond donors (Lipinski definition) is 0. The summed E-state index contributed by atoms with van der Waals surface area (Å²) in [6, 6.07) is 0.659. The monoisotopic (exact) mass is 267 g/mol. The second-order valence-corrected chi connectivity index (χ2v) is 5.36. The summed E-state index contributed by atoms with van der Waals surface area (Å²) in [5.74, 6) is 0. The lowest BCUT2D eigenvalue weighted by Crippen LogP contribution is -2.53. The van der Waals surface area contributed by atoms with Crippen molar-refractivity contribution in [2.45, 2.75) is 19.1 Å². The van der Waals surface area contributed by atoms with Gasteiger partial charge in [0.25, 0.3) is 6.01 Å². The molecule has 0 radical (unpaired) electrons. The molecular weight excluding hydrogens is 250 g/mol. The van der Waals surface area contributed by atoms with E-state index >= 15 is 0 Å². The lowest BCUT2D eigenvalue weighted by Gasteiger charge is -2.35. The molecule has 0 aromatic carbocycles. The van der Waals surface area contributed by atoms with E-state index in [1.165, 1.54) is 5.01 Å². The molecule has 0 saturated carbocycles. The molecule has 1 aromatic heterocycles. The second-order valence-electron chi connectivity index (χ2n) is 5.36. The minimum absolute atomic E-state index is 0.291. The summed E-state index contributed by atoms with van der Waals surface area (Å²) in [6.07, 6.45) is 3.63. The van der Waals surface area contributed by atoms with Crippen LogP contribution in [0.25, 0.3) is 0 Å². The first-order valence-corrected chi connectivity index (χ1v) is 6.37. The lowest BCUT2D eigenvalue weighted by atomic mass is 10.1. The van der Waals surface area contributed by atoms with Crippen LogP contribution in [0.2, 0.25) is 0 Å². The zero-order chi connectivity index (χ0) is 13.5. The van der Waals surface area contributed by atoms with Crippen LogP contribution in [0.15, 0.2) is 12.4 Å². The molecule has 2 aliphatic rings. The summed E-state index contributed by atoms with van der Waals surface area (Å²) in [5.41, 5.74) is -0.291. The number of aromatic nitrogens is 2. The Bertz CT molecular complexity index is 460. The molecule has 0 unspecified atom stereocenters. The summed E-state index contributed by atoms with van der Waals surface area (Å²) in [6.45, 7) is 5.92. The molecule has 1 atom stereocenters. The number of hydrazine groups is 1. The van der Waals surface area contributed by atoms with E-state index in [1.54, 1.807) is 6.20 Å². The second kappa shape index (κ2) is 4.37. The molecule has 0 aliphatic carbocycles. The number of nitro groups is 1. The van der Waals surface area contributed by atoms with Crippen LogP contribution in [-0.2, 0) is 6.54 Å². The van der Waals surface area contributed by atoms with Crippen LogP contribution < -0.4 is 4.74 Å². The van der Waals surface area contributed by atoms with Crippen LogP contribution in [0.1, 0.15) is 6.92 Å². The normalized spacial score (nSPS) is 27.1. The topological polar surface area (TPSA) is 76.7 Å². The van der Waals surface area contributed by atoms with Crippen LogP contribution in [0.5, 0.6) is 6.01 Å². The van der Waals surface area contributed by atoms with Crippen molar-refractivity contribution in [2.24, 2.45) is 0 Å². The van der Waals surface area contributed by atoms with E-state index in [-0.39, 0.29) is 10.6 Å². The molecule has 8 nitrogen and oxygen atoms in total. The Balaban J connectivity index is 1.56. The zero-order valence-corrected chi connectivity index (χ0v) is 10.9. The fraction of sp³-hybridized carbons (Fsp3) is 0.727. The summed E-state index contributed by atoms with van der Waals surface area (Å²) < 4.78 is 7.87. The van der Waals surface area contributed by atoms with Gasteiger partial charge in [0.05, 0.1) is 19.6 Å². The Kier molecular flexibility index (Phi) is 2.81. The van der Waals surface area contributed by atoms with E-state index in [1.807, 2.05) is 10.8 Å². The maximum absolute atomic E-state index is 10.7. The number of nitrogens with zero attached hydrogens (tertiary/aromatic N) is 5. The summed E-state index contributed by atoms with van der Waals surface area (Å²) in [4.78, 5) is 17.0. The predicted molar refractivity (Wildman–Crippen MR) is 66.3 cm³/mol.